The second-order valence-corrected chi connectivity index (χ2v) is 6.03. The van der Waals surface area contributed by atoms with Gasteiger partial charge in [-0.1, -0.05) is 48.2 Å². The summed E-state index contributed by atoms with van der Waals surface area (Å²) in [5.74, 6) is 0.962. The molecule has 2 nitrogen and oxygen atoms in total. The zero-order valence-corrected chi connectivity index (χ0v) is 12.6. The molecular formula is C15H22BrNO. The van der Waals surface area contributed by atoms with Crippen molar-refractivity contribution in [1.82, 2.24) is 0 Å². The molecule has 2 atom stereocenters. The Hall–Kier alpha value is -0.540. The number of rotatable bonds is 5. The highest BCUT2D eigenvalue weighted by Crippen LogP contribution is 2.36. The first-order chi connectivity index (χ1) is 8.70. The summed E-state index contributed by atoms with van der Waals surface area (Å²) >= 11 is 3.48. The zero-order valence-electron chi connectivity index (χ0n) is 11.0. The Labute approximate surface area is 118 Å². The van der Waals surface area contributed by atoms with Gasteiger partial charge in [-0.3, -0.25) is 0 Å². The molecule has 18 heavy (non-hydrogen) atoms. The number of fused-ring (bicyclic) bond motifs is 1. The predicted molar refractivity (Wildman–Crippen MR) is 78.9 cm³/mol. The van der Waals surface area contributed by atoms with E-state index < -0.39 is 0 Å². The first-order valence-corrected chi connectivity index (χ1v) is 7.71. The number of ether oxygens (including phenoxy) is 1. The topological polar surface area (TPSA) is 35.2 Å². The van der Waals surface area contributed by atoms with Crippen molar-refractivity contribution in [3.63, 3.8) is 0 Å². The van der Waals surface area contributed by atoms with Crippen LogP contribution in [0.2, 0.25) is 0 Å². The summed E-state index contributed by atoms with van der Waals surface area (Å²) in [6.45, 7) is 2.24. The van der Waals surface area contributed by atoms with Gasteiger partial charge in [0.25, 0.3) is 0 Å². The molecule has 3 heteroatoms. The fourth-order valence-electron chi connectivity index (χ4n) is 2.53. The molecule has 0 saturated carbocycles. The zero-order chi connectivity index (χ0) is 13.0. The minimum absolute atomic E-state index is 0.123. The van der Waals surface area contributed by atoms with Crippen LogP contribution in [0, 0.1) is 0 Å². The molecule has 0 aliphatic carbocycles. The van der Waals surface area contributed by atoms with Crippen LogP contribution >= 0.6 is 15.9 Å². The van der Waals surface area contributed by atoms with Crippen molar-refractivity contribution in [3.05, 3.63) is 28.2 Å². The fraction of sp³-hybridized carbons (Fsp3) is 0.600. The van der Waals surface area contributed by atoms with E-state index in [0.717, 1.165) is 28.6 Å². The minimum Gasteiger partial charge on any atom is -0.490 e. The van der Waals surface area contributed by atoms with Crippen molar-refractivity contribution in [2.75, 3.05) is 0 Å². The van der Waals surface area contributed by atoms with E-state index in [1.807, 2.05) is 12.1 Å². The standard InChI is InChI=1S/C15H22BrNO/c1-2-3-4-5-6-12-10-14(17)13-8-7-11(16)9-15(13)18-12/h7-9,12,14H,2-6,10,17H2,1H3/t12?,14-/m1/s1. The molecule has 1 aliphatic heterocycles. The number of unbranched alkanes of at least 4 members (excludes halogenated alkanes) is 3. The summed E-state index contributed by atoms with van der Waals surface area (Å²) in [6.07, 6.45) is 7.51. The van der Waals surface area contributed by atoms with Gasteiger partial charge in [0.05, 0.1) is 0 Å². The van der Waals surface area contributed by atoms with E-state index in [1.165, 1.54) is 25.7 Å². The maximum absolute atomic E-state index is 6.22. The molecular weight excluding hydrogens is 290 g/mol. The van der Waals surface area contributed by atoms with Crippen molar-refractivity contribution in [1.29, 1.82) is 0 Å². The number of benzene rings is 1. The lowest BCUT2D eigenvalue weighted by Gasteiger charge is -2.30. The maximum atomic E-state index is 6.22. The van der Waals surface area contributed by atoms with E-state index in [9.17, 15) is 0 Å². The number of halogens is 1. The van der Waals surface area contributed by atoms with Crippen LogP contribution in [0.15, 0.2) is 22.7 Å². The van der Waals surface area contributed by atoms with Gasteiger partial charge in [0.2, 0.25) is 0 Å². The van der Waals surface area contributed by atoms with Gasteiger partial charge in [0.1, 0.15) is 11.9 Å². The summed E-state index contributed by atoms with van der Waals surface area (Å²) in [5, 5.41) is 0. The summed E-state index contributed by atoms with van der Waals surface area (Å²) in [6, 6.07) is 6.26. The lowest BCUT2D eigenvalue weighted by Crippen LogP contribution is -2.29. The van der Waals surface area contributed by atoms with Crippen molar-refractivity contribution >= 4 is 15.9 Å². The molecule has 1 aliphatic rings. The van der Waals surface area contributed by atoms with E-state index in [2.05, 4.69) is 28.9 Å². The van der Waals surface area contributed by atoms with Crippen molar-refractivity contribution in [2.45, 2.75) is 57.6 Å². The lowest BCUT2D eigenvalue weighted by atomic mass is 9.94. The second-order valence-electron chi connectivity index (χ2n) is 5.11. The van der Waals surface area contributed by atoms with E-state index in [1.54, 1.807) is 0 Å². The summed E-state index contributed by atoms with van der Waals surface area (Å²) in [5.41, 5.74) is 7.36. The van der Waals surface area contributed by atoms with Crippen LogP contribution in [0.1, 0.15) is 57.1 Å². The quantitative estimate of drug-likeness (QED) is 0.808. The average molecular weight is 312 g/mol. The summed E-state index contributed by atoms with van der Waals surface area (Å²) in [7, 11) is 0. The molecule has 0 amide bonds. The van der Waals surface area contributed by atoms with Gasteiger partial charge in [-0.2, -0.15) is 0 Å². The van der Waals surface area contributed by atoms with Crippen LogP contribution in [0.5, 0.6) is 5.75 Å². The average Bonchev–Trinajstić information content (AvgIpc) is 2.34. The van der Waals surface area contributed by atoms with Crippen LogP contribution in [0.4, 0.5) is 0 Å². The summed E-state index contributed by atoms with van der Waals surface area (Å²) < 4.78 is 7.11. The van der Waals surface area contributed by atoms with Gasteiger partial charge in [-0.25, -0.2) is 0 Å². The Balaban J connectivity index is 1.94. The predicted octanol–water partition coefficient (Wildman–Crippen LogP) is 4.57. The molecule has 2 N–H and O–H groups in total. The third-order valence-corrected chi connectivity index (χ3v) is 4.06. The summed E-state index contributed by atoms with van der Waals surface area (Å²) in [4.78, 5) is 0. The van der Waals surface area contributed by atoms with Crippen LogP contribution in [-0.4, -0.2) is 6.10 Å². The van der Waals surface area contributed by atoms with E-state index >= 15 is 0 Å². The van der Waals surface area contributed by atoms with E-state index in [-0.39, 0.29) is 6.04 Å². The van der Waals surface area contributed by atoms with E-state index in [0.29, 0.717) is 6.10 Å². The molecule has 0 radical (unpaired) electrons. The molecule has 0 fully saturated rings. The highest BCUT2D eigenvalue weighted by atomic mass is 79.9. The van der Waals surface area contributed by atoms with Gasteiger partial charge in [-0.05, 0) is 25.0 Å². The van der Waals surface area contributed by atoms with Gasteiger partial charge in [-0.15, -0.1) is 0 Å². The van der Waals surface area contributed by atoms with Crippen LogP contribution < -0.4 is 10.5 Å². The largest absolute Gasteiger partial charge is 0.490 e. The molecule has 1 heterocycles. The van der Waals surface area contributed by atoms with Crippen LogP contribution in [0.3, 0.4) is 0 Å². The molecule has 1 aromatic rings. The molecule has 0 bridgehead atoms. The normalized spacial score (nSPS) is 22.4. The maximum Gasteiger partial charge on any atom is 0.125 e. The SMILES string of the molecule is CCCCCCC1C[C@@H](N)c2ccc(Br)cc2O1. The molecule has 100 valence electrons. The Morgan fingerprint density at radius 1 is 1.33 bits per heavy atom. The molecule has 0 spiro atoms. The first kappa shape index (κ1) is 13.9. The Morgan fingerprint density at radius 2 is 2.17 bits per heavy atom. The molecule has 0 saturated heterocycles. The lowest BCUT2D eigenvalue weighted by molar-refractivity contribution is 0.146. The number of hydrogen-bond acceptors (Lipinski definition) is 2. The number of hydrogen-bond donors (Lipinski definition) is 1. The second kappa shape index (κ2) is 6.58. The highest BCUT2D eigenvalue weighted by molar-refractivity contribution is 9.10. The van der Waals surface area contributed by atoms with Crippen molar-refractivity contribution < 1.29 is 4.74 Å². The third-order valence-electron chi connectivity index (χ3n) is 3.57. The van der Waals surface area contributed by atoms with E-state index in [4.69, 9.17) is 10.5 Å². The Bertz CT molecular complexity index is 394. The Kier molecular flexibility index (Phi) is 5.07. The highest BCUT2D eigenvalue weighted by Gasteiger charge is 2.25. The van der Waals surface area contributed by atoms with Gasteiger partial charge in [0.15, 0.2) is 0 Å². The number of nitrogens with two attached hydrogens (primary N) is 1. The van der Waals surface area contributed by atoms with Crippen molar-refractivity contribution in [2.24, 2.45) is 5.73 Å². The van der Waals surface area contributed by atoms with Gasteiger partial charge < -0.3 is 10.5 Å². The molecule has 1 unspecified atom stereocenters. The van der Waals surface area contributed by atoms with Gasteiger partial charge in [0, 0.05) is 22.5 Å². The minimum atomic E-state index is 0.123. The first-order valence-electron chi connectivity index (χ1n) is 6.92. The van der Waals surface area contributed by atoms with Crippen LogP contribution in [-0.2, 0) is 0 Å². The third kappa shape index (κ3) is 3.48. The fourth-order valence-corrected chi connectivity index (χ4v) is 2.87. The molecule has 1 aromatic carbocycles. The van der Waals surface area contributed by atoms with Crippen molar-refractivity contribution in [3.8, 4) is 5.75 Å². The molecule has 2 rings (SSSR count). The smallest absolute Gasteiger partial charge is 0.125 e. The monoisotopic (exact) mass is 311 g/mol. The van der Waals surface area contributed by atoms with Crippen LogP contribution in [0.25, 0.3) is 0 Å². The van der Waals surface area contributed by atoms with Gasteiger partial charge >= 0.3 is 0 Å². The Morgan fingerprint density at radius 3 is 2.94 bits per heavy atom. The molecule has 0 aromatic heterocycles.